The summed E-state index contributed by atoms with van der Waals surface area (Å²) >= 11 is 0. The van der Waals surface area contributed by atoms with Crippen LogP contribution in [0.15, 0.2) is 45.7 Å². The fourth-order valence-corrected chi connectivity index (χ4v) is 2.79. The fraction of sp³-hybridized carbons (Fsp3) is 0.375. The molecule has 0 aromatic carbocycles. The van der Waals surface area contributed by atoms with Crippen LogP contribution in [0.25, 0.3) is 0 Å². The molecule has 1 amide bonds. The molecular formula is C16H17F2N3O3. The van der Waals surface area contributed by atoms with Crippen LogP contribution in [-0.4, -0.2) is 40.4 Å². The van der Waals surface area contributed by atoms with Crippen molar-refractivity contribution < 1.29 is 18.0 Å². The van der Waals surface area contributed by atoms with Gasteiger partial charge in [0.15, 0.2) is 5.76 Å². The Bertz CT molecular complexity index is 800. The first-order chi connectivity index (χ1) is 11.3. The second-order valence-corrected chi connectivity index (χ2v) is 5.94. The number of pyridine rings is 1. The maximum Gasteiger partial charge on any atom is 0.289 e. The number of nitrogens with zero attached hydrogens (tertiary/aromatic N) is 2. The van der Waals surface area contributed by atoms with Crippen molar-refractivity contribution in [1.29, 1.82) is 0 Å². The molecule has 1 unspecified atom stereocenters. The van der Waals surface area contributed by atoms with E-state index in [1.807, 2.05) is 0 Å². The van der Waals surface area contributed by atoms with Crippen LogP contribution in [0, 0.1) is 0 Å². The zero-order valence-corrected chi connectivity index (χ0v) is 12.8. The van der Waals surface area contributed by atoms with E-state index in [0.29, 0.717) is 5.76 Å². The van der Waals surface area contributed by atoms with E-state index in [9.17, 15) is 18.4 Å². The summed E-state index contributed by atoms with van der Waals surface area (Å²) in [5.41, 5.74) is 5.39. The van der Waals surface area contributed by atoms with Crippen molar-refractivity contribution in [1.82, 2.24) is 9.47 Å². The van der Waals surface area contributed by atoms with E-state index in [1.54, 1.807) is 24.4 Å². The summed E-state index contributed by atoms with van der Waals surface area (Å²) in [6.45, 7) is -0.459. The summed E-state index contributed by atoms with van der Waals surface area (Å²) < 4.78 is 34.0. The molecule has 1 aliphatic rings. The van der Waals surface area contributed by atoms with Crippen molar-refractivity contribution in [3.05, 3.63) is 58.4 Å². The van der Waals surface area contributed by atoms with E-state index in [1.165, 1.54) is 16.7 Å². The highest BCUT2D eigenvalue weighted by Gasteiger charge is 2.41. The van der Waals surface area contributed by atoms with Crippen LogP contribution in [-0.2, 0) is 6.54 Å². The molecule has 3 rings (SSSR count). The van der Waals surface area contributed by atoms with E-state index in [0.717, 1.165) is 4.90 Å². The van der Waals surface area contributed by atoms with Gasteiger partial charge in [-0.2, -0.15) is 0 Å². The number of nitrogens with two attached hydrogens (primary N) is 1. The number of aromatic nitrogens is 1. The minimum absolute atomic E-state index is 0.0427. The summed E-state index contributed by atoms with van der Waals surface area (Å²) in [4.78, 5) is 25.0. The van der Waals surface area contributed by atoms with Gasteiger partial charge in [-0.15, -0.1) is 0 Å². The molecule has 1 aliphatic heterocycles. The third kappa shape index (κ3) is 3.53. The molecule has 0 saturated carbocycles. The predicted molar refractivity (Wildman–Crippen MR) is 82.0 cm³/mol. The van der Waals surface area contributed by atoms with Gasteiger partial charge >= 0.3 is 0 Å². The summed E-state index contributed by atoms with van der Waals surface area (Å²) in [7, 11) is 0. The molecule has 2 aromatic rings. The van der Waals surface area contributed by atoms with Crippen LogP contribution in [0.4, 0.5) is 8.78 Å². The Hall–Kier alpha value is -2.48. The van der Waals surface area contributed by atoms with Crippen LogP contribution < -0.4 is 11.3 Å². The Morgan fingerprint density at radius 3 is 2.83 bits per heavy atom. The molecule has 3 heterocycles. The first-order valence-corrected chi connectivity index (χ1v) is 7.51. The topological polar surface area (TPSA) is 81.5 Å². The molecule has 24 heavy (non-hydrogen) atoms. The number of alkyl halides is 2. The lowest BCUT2D eigenvalue weighted by atomic mass is 10.0. The van der Waals surface area contributed by atoms with Crippen LogP contribution >= 0.6 is 0 Å². The Kier molecular flexibility index (Phi) is 4.23. The molecule has 6 nitrogen and oxygen atoms in total. The molecule has 1 saturated heterocycles. The molecule has 2 N–H and O–H groups in total. The highest BCUT2D eigenvalue weighted by molar-refractivity contribution is 5.91. The average Bonchev–Trinajstić information content (AvgIpc) is 2.95. The molecule has 128 valence electrons. The third-order valence-corrected chi connectivity index (χ3v) is 3.82. The van der Waals surface area contributed by atoms with Crippen molar-refractivity contribution in [3.63, 3.8) is 0 Å². The van der Waals surface area contributed by atoms with Crippen molar-refractivity contribution in [2.75, 3.05) is 13.1 Å². The number of rotatable bonds is 3. The monoisotopic (exact) mass is 337 g/mol. The summed E-state index contributed by atoms with van der Waals surface area (Å²) in [5.74, 6) is -3.28. The zero-order valence-electron chi connectivity index (χ0n) is 12.8. The zero-order chi connectivity index (χ0) is 17.3. The van der Waals surface area contributed by atoms with Gasteiger partial charge in [-0.05, 0) is 18.2 Å². The summed E-state index contributed by atoms with van der Waals surface area (Å²) in [6, 6.07) is 6.93. The van der Waals surface area contributed by atoms with Gasteiger partial charge in [0.1, 0.15) is 5.76 Å². The van der Waals surface area contributed by atoms with Crippen LogP contribution in [0.5, 0.6) is 0 Å². The number of amides is 1. The minimum atomic E-state index is -3.00. The predicted octanol–water partition coefficient (Wildman–Crippen LogP) is 1.30. The van der Waals surface area contributed by atoms with Gasteiger partial charge in [-0.25, -0.2) is 8.78 Å². The molecule has 8 heteroatoms. The van der Waals surface area contributed by atoms with Crippen molar-refractivity contribution >= 4 is 5.91 Å². The van der Waals surface area contributed by atoms with Crippen LogP contribution in [0.2, 0.25) is 0 Å². The smallest absolute Gasteiger partial charge is 0.289 e. The largest absolute Gasteiger partial charge is 0.454 e. The van der Waals surface area contributed by atoms with Crippen LogP contribution in [0.1, 0.15) is 22.7 Å². The highest BCUT2D eigenvalue weighted by atomic mass is 19.3. The van der Waals surface area contributed by atoms with E-state index < -0.39 is 30.8 Å². The number of carbonyl (C=O) groups excluding carboxylic acids is 1. The first-order valence-electron chi connectivity index (χ1n) is 7.51. The molecule has 0 aliphatic carbocycles. The maximum atomic E-state index is 13.6. The van der Waals surface area contributed by atoms with Crippen molar-refractivity contribution in [2.24, 2.45) is 5.73 Å². The summed E-state index contributed by atoms with van der Waals surface area (Å²) in [6.07, 6.45) is 1.16. The van der Waals surface area contributed by atoms with Gasteiger partial charge in [-0.1, -0.05) is 6.07 Å². The SMILES string of the molecule is NC1CN(C(=O)c2ccc(Cn3ccccc3=O)o2)CC(F)(F)C1. The van der Waals surface area contributed by atoms with E-state index in [2.05, 4.69) is 0 Å². The summed E-state index contributed by atoms with van der Waals surface area (Å²) in [5, 5.41) is 0. The number of hydrogen-bond donors (Lipinski definition) is 1. The second kappa shape index (κ2) is 6.20. The van der Waals surface area contributed by atoms with E-state index in [-0.39, 0.29) is 24.4 Å². The number of carbonyl (C=O) groups is 1. The minimum Gasteiger partial charge on any atom is -0.454 e. The number of halogens is 2. The molecule has 1 atom stereocenters. The second-order valence-electron chi connectivity index (χ2n) is 5.94. The van der Waals surface area contributed by atoms with Gasteiger partial charge in [0.05, 0.1) is 13.1 Å². The Morgan fingerprint density at radius 2 is 2.12 bits per heavy atom. The number of hydrogen-bond acceptors (Lipinski definition) is 4. The maximum absolute atomic E-state index is 13.6. The van der Waals surface area contributed by atoms with Gasteiger partial charge < -0.3 is 19.6 Å². The lowest BCUT2D eigenvalue weighted by molar-refractivity contribution is -0.0626. The molecule has 0 bridgehead atoms. The van der Waals surface area contributed by atoms with E-state index in [4.69, 9.17) is 10.2 Å². The first kappa shape index (κ1) is 16.4. The number of furan rings is 1. The average molecular weight is 337 g/mol. The highest BCUT2D eigenvalue weighted by Crippen LogP contribution is 2.27. The van der Waals surface area contributed by atoms with Gasteiger partial charge in [0.25, 0.3) is 17.4 Å². The molecule has 1 fully saturated rings. The van der Waals surface area contributed by atoms with Crippen molar-refractivity contribution in [2.45, 2.75) is 24.9 Å². The number of piperidine rings is 1. The lowest BCUT2D eigenvalue weighted by Crippen LogP contribution is -2.54. The molecular weight excluding hydrogens is 320 g/mol. The molecule has 0 spiro atoms. The Morgan fingerprint density at radius 1 is 1.33 bits per heavy atom. The van der Waals surface area contributed by atoms with Crippen LogP contribution in [0.3, 0.4) is 0 Å². The molecule has 0 radical (unpaired) electrons. The molecule has 2 aromatic heterocycles. The van der Waals surface area contributed by atoms with Crippen molar-refractivity contribution in [3.8, 4) is 0 Å². The lowest BCUT2D eigenvalue weighted by Gasteiger charge is -2.35. The Balaban J connectivity index is 1.74. The third-order valence-electron chi connectivity index (χ3n) is 3.82. The normalized spacial score (nSPS) is 20.1. The quantitative estimate of drug-likeness (QED) is 0.915. The van der Waals surface area contributed by atoms with E-state index >= 15 is 0 Å². The standard InChI is InChI=1S/C16H17F2N3O3/c17-16(18)7-11(19)8-21(10-16)15(23)13-5-4-12(24-13)9-20-6-2-1-3-14(20)22/h1-6,11H,7-10,19H2. The number of likely N-dealkylation sites (tertiary alicyclic amines) is 1. The van der Waals surface area contributed by atoms with Gasteiger partial charge in [0.2, 0.25) is 0 Å². The fourth-order valence-electron chi connectivity index (χ4n) is 2.79. The van der Waals surface area contributed by atoms with Gasteiger partial charge in [-0.3, -0.25) is 9.59 Å². The Labute approximate surface area is 136 Å². The van der Waals surface area contributed by atoms with Gasteiger partial charge in [0, 0.05) is 31.3 Å².